The number of alkyl halides is 2. The number of Topliss-reactive ketones (excluding diaryl/α,β-unsaturated/α-hetero) is 1. The smallest absolute Gasteiger partial charge is 0.296 e. The molecule has 0 saturated carbocycles. The highest BCUT2D eigenvalue weighted by atomic mass is 32.2. The van der Waals surface area contributed by atoms with E-state index >= 15 is 0 Å². The molecule has 110 valence electrons. The molecule has 5 nitrogen and oxygen atoms in total. The van der Waals surface area contributed by atoms with E-state index in [2.05, 4.69) is 10.1 Å². The summed E-state index contributed by atoms with van der Waals surface area (Å²) in [5.41, 5.74) is 0. The van der Waals surface area contributed by atoms with E-state index in [0.29, 0.717) is 11.5 Å². The standard InChI is InChI=1S/C13H10F2N2O3S/c14-12(15)7(18)5-11-16-13(17-20-11)9-6-21-10-4-2-1-3-8(10)19-9/h1-4,9,12H,5-6H2. The highest BCUT2D eigenvalue weighted by Gasteiger charge is 2.27. The van der Waals surface area contributed by atoms with Crippen molar-refractivity contribution in [1.82, 2.24) is 10.1 Å². The lowest BCUT2D eigenvalue weighted by Crippen LogP contribution is -2.16. The summed E-state index contributed by atoms with van der Waals surface area (Å²) >= 11 is 1.59. The fourth-order valence-corrected chi connectivity index (χ4v) is 2.82. The molecular weight excluding hydrogens is 302 g/mol. The molecule has 0 spiro atoms. The topological polar surface area (TPSA) is 65.2 Å². The number of para-hydroxylation sites is 1. The van der Waals surface area contributed by atoms with Crippen molar-refractivity contribution in [2.75, 3.05) is 5.75 Å². The van der Waals surface area contributed by atoms with E-state index in [0.717, 1.165) is 4.90 Å². The molecule has 1 atom stereocenters. The van der Waals surface area contributed by atoms with Crippen LogP contribution in [0.2, 0.25) is 0 Å². The molecule has 0 radical (unpaired) electrons. The zero-order valence-electron chi connectivity index (χ0n) is 10.7. The maximum Gasteiger partial charge on any atom is 0.296 e. The molecule has 21 heavy (non-hydrogen) atoms. The highest BCUT2D eigenvalue weighted by Crippen LogP contribution is 2.39. The molecular formula is C13H10F2N2O3S. The predicted octanol–water partition coefficient (Wildman–Crippen LogP) is 2.67. The van der Waals surface area contributed by atoms with E-state index in [-0.39, 0.29) is 11.7 Å². The lowest BCUT2D eigenvalue weighted by molar-refractivity contribution is -0.129. The van der Waals surface area contributed by atoms with Gasteiger partial charge in [0, 0.05) is 10.6 Å². The van der Waals surface area contributed by atoms with E-state index in [9.17, 15) is 13.6 Å². The van der Waals surface area contributed by atoms with Crippen LogP contribution in [0.15, 0.2) is 33.7 Å². The Morgan fingerprint density at radius 1 is 1.43 bits per heavy atom. The molecule has 0 bridgehead atoms. The molecule has 1 unspecified atom stereocenters. The second kappa shape index (κ2) is 5.80. The number of halogens is 2. The summed E-state index contributed by atoms with van der Waals surface area (Å²) in [6.45, 7) is 0. The molecule has 8 heteroatoms. The maximum atomic E-state index is 12.2. The first-order valence-electron chi connectivity index (χ1n) is 6.15. The Bertz CT molecular complexity index is 662. The zero-order chi connectivity index (χ0) is 14.8. The van der Waals surface area contributed by atoms with Gasteiger partial charge in [-0.2, -0.15) is 4.98 Å². The van der Waals surface area contributed by atoms with Crippen molar-refractivity contribution >= 4 is 17.5 Å². The van der Waals surface area contributed by atoms with E-state index in [4.69, 9.17) is 9.26 Å². The Morgan fingerprint density at radius 2 is 2.24 bits per heavy atom. The van der Waals surface area contributed by atoms with Crippen LogP contribution in [-0.4, -0.2) is 28.1 Å². The summed E-state index contributed by atoms with van der Waals surface area (Å²) in [5, 5.41) is 3.70. The highest BCUT2D eigenvalue weighted by molar-refractivity contribution is 7.99. The van der Waals surface area contributed by atoms with E-state index in [1.165, 1.54) is 0 Å². The summed E-state index contributed by atoms with van der Waals surface area (Å²) < 4.78 is 34.9. The molecule has 1 aromatic carbocycles. The van der Waals surface area contributed by atoms with Crippen LogP contribution in [0.3, 0.4) is 0 Å². The molecule has 2 aromatic rings. The van der Waals surface area contributed by atoms with Gasteiger partial charge < -0.3 is 9.26 Å². The fourth-order valence-electron chi connectivity index (χ4n) is 1.84. The summed E-state index contributed by atoms with van der Waals surface area (Å²) in [6.07, 6.45) is -4.03. The number of carbonyl (C=O) groups is 1. The van der Waals surface area contributed by atoms with Crippen LogP contribution in [-0.2, 0) is 11.2 Å². The van der Waals surface area contributed by atoms with Crippen molar-refractivity contribution in [3.05, 3.63) is 36.0 Å². The first kappa shape index (κ1) is 14.0. The number of ketones is 1. The van der Waals surface area contributed by atoms with Crippen LogP contribution in [0.25, 0.3) is 0 Å². The summed E-state index contributed by atoms with van der Waals surface area (Å²) in [4.78, 5) is 15.9. The third-order valence-electron chi connectivity index (χ3n) is 2.85. The van der Waals surface area contributed by atoms with Gasteiger partial charge in [0.1, 0.15) is 5.75 Å². The quantitative estimate of drug-likeness (QED) is 0.865. The third kappa shape index (κ3) is 3.05. The molecule has 0 fully saturated rings. The second-order valence-electron chi connectivity index (χ2n) is 4.35. The molecule has 0 aliphatic carbocycles. The van der Waals surface area contributed by atoms with Gasteiger partial charge in [0.05, 0.1) is 6.42 Å². The number of rotatable bonds is 4. The fraction of sp³-hybridized carbons (Fsp3) is 0.308. The van der Waals surface area contributed by atoms with Crippen LogP contribution in [0, 0.1) is 0 Å². The number of ether oxygens (including phenoxy) is 1. The van der Waals surface area contributed by atoms with Crippen molar-refractivity contribution in [3.63, 3.8) is 0 Å². The Kier molecular flexibility index (Phi) is 3.87. The van der Waals surface area contributed by atoms with Gasteiger partial charge in [0.15, 0.2) is 6.10 Å². The third-order valence-corrected chi connectivity index (χ3v) is 3.97. The second-order valence-corrected chi connectivity index (χ2v) is 5.42. The minimum absolute atomic E-state index is 0.122. The average molecular weight is 312 g/mol. The van der Waals surface area contributed by atoms with Gasteiger partial charge in [0.2, 0.25) is 17.5 Å². The largest absolute Gasteiger partial charge is 0.480 e. The SMILES string of the molecule is O=C(Cc1nc(C2CSc3ccccc3O2)no1)C(F)F. The minimum Gasteiger partial charge on any atom is -0.480 e. The van der Waals surface area contributed by atoms with Gasteiger partial charge in [-0.05, 0) is 12.1 Å². The van der Waals surface area contributed by atoms with E-state index < -0.39 is 24.7 Å². The van der Waals surface area contributed by atoms with Gasteiger partial charge >= 0.3 is 0 Å². The van der Waals surface area contributed by atoms with Crippen molar-refractivity contribution in [1.29, 1.82) is 0 Å². The van der Waals surface area contributed by atoms with Gasteiger partial charge in [-0.3, -0.25) is 4.79 Å². The lowest BCUT2D eigenvalue weighted by Gasteiger charge is -2.22. The number of benzene rings is 1. The normalized spacial score (nSPS) is 17.4. The van der Waals surface area contributed by atoms with E-state index in [1.54, 1.807) is 11.8 Å². The average Bonchev–Trinajstić information content (AvgIpc) is 2.95. The Labute approximate surface area is 122 Å². The molecule has 0 amide bonds. The van der Waals surface area contributed by atoms with Crippen LogP contribution >= 0.6 is 11.8 Å². The Morgan fingerprint density at radius 3 is 3.05 bits per heavy atom. The summed E-state index contributed by atoms with van der Waals surface area (Å²) in [7, 11) is 0. The number of aromatic nitrogens is 2. The molecule has 0 N–H and O–H groups in total. The molecule has 1 aliphatic rings. The maximum absolute atomic E-state index is 12.2. The Balaban J connectivity index is 1.72. The van der Waals surface area contributed by atoms with Gasteiger partial charge in [-0.1, -0.05) is 17.3 Å². The first-order chi connectivity index (χ1) is 10.1. The number of thioether (sulfide) groups is 1. The van der Waals surface area contributed by atoms with Crippen molar-refractivity contribution in [2.24, 2.45) is 0 Å². The first-order valence-corrected chi connectivity index (χ1v) is 7.14. The Hall–Kier alpha value is -1.96. The van der Waals surface area contributed by atoms with Crippen LogP contribution < -0.4 is 4.74 Å². The lowest BCUT2D eigenvalue weighted by atomic mass is 10.3. The van der Waals surface area contributed by atoms with Crippen LogP contribution in [0.4, 0.5) is 8.78 Å². The van der Waals surface area contributed by atoms with E-state index in [1.807, 2.05) is 24.3 Å². The van der Waals surface area contributed by atoms with Gasteiger partial charge in [-0.15, -0.1) is 11.8 Å². The van der Waals surface area contributed by atoms with Crippen molar-refractivity contribution < 1.29 is 22.8 Å². The summed E-state index contributed by atoms with van der Waals surface area (Å²) in [6, 6.07) is 7.54. The predicted molar refractivity (Wildman–Crippen MR) is 69.5 cm³/mol. The number of nitrogens with zero attached hydrogens (tertiary/aromatic N) is 2. The number of carbonyl (C=O) groups excluding carboxylic acids is 1. The molecule has 1 aromatic heterocycles. The molecule has 3 rings (SSSR count). The van der Waals surface area contributed by atoms with Gasteiger partial charge in [-0.25, -0.2) is 8.78 Å². The van der Waals surface area contributed by atoms with Crippen LogP contribution in [0.1, 0.15) is 17.8 Å². The molecule has 2 heterocycles. The van der Waals surface area contributed by atoms with Crippen LogP contribution in [0.5, 0.6) is 5.75 Å². The van der Waals surface area contributed by atoms with Crippen molar-refractivity contribution in [3.8, 4) is 5.75 Å². The zero-order valence-corrected chi connectivity index (χ0v) is 11.5. The number of hydrogen-bond donors (Lipinski definition) is 0. The van der Waals surface area contributed by atoms with Crippen molar-refractivity contribution in [2.45, 2.75) is 23.8 Å². The molecule has 0 saturated heterocycles. The minimum atomic E-state index is -3.03. The monoisotopic (exact) mass is 312 g/mol. The van der Waals surface area contributed by atoms with Gasteiger partial charge in [0.25, 0.3) is 6.43 Å². The molecule has 1 aliphatic heterocycles. The number of hydrogen-bond acceptors (Lipinski definition) is 6. The summed E-state index contributed by atoms with van der Waals surface area (Å²) in [5.74, 6) is 0.193. The number of fused-ring (bicyclic) bond motifs is 1.